The van der Waals surface area contributed by atoms with E-state index in [2.05, 4.69) is 10.1 Å². The number of nitrogens with one attached hydrogen (secondary N) is 1. The number of hydrogen-bond donors (Lipinski definition) is 1. The molecule has 0 spiro atoms. The predicted octanol–water partition coefficient (Wildman–Crippen LogP) is -0.297. The van der Waals surface area contributed by atoms with E-state index >= 15 is 0 Å². The van der Waals surface area contributed by atoms with E-state index in [0.29, 0.717) is 13.3 Å². The van der Waals surface area contributed by atoms with Gasteiger partial charge in [-0.3, -0.25) is 5.32 Å². The molecule has 40 valence electrons. The maximum absolute atomic E-state index is 7.92. The number of methoxy groups -OCH3 is 1. The Labute approximate surface area is 42.9 Å². The van der Waals surface area contributed by atoms with Crippen LogP contribution in [-0.2, 0) is 4.74 Å². The normalized spacial score (nSPS) is 8.00. The lowest BCUT2D eigenvalue weighted by Gasteiger charge is -1.92. The van der Waals surface area contributed by atoms with Crippen LogP contribution in [0.15, 0.2) is 0 Å². The van der Waals surface area contributed by atoms with E-state index in [4.69, 9.17) is 5.26 Å². The number of nitriles is 1. The van der Waals surface area contributed by atoms with Crippen molar-refractivity contribution >= 4 is 0 Å². The summed E-state index contributed by atoms with van der Waals surface area (Å²) < 4.78 is 4.58. The van der Waals surface area contributed by atoms with Crippen molar-refractivity contribution in [2.45, 2.75) is 0 Å². The van der Waals surface area contributed by atoms with Gasteiger partial charge in [0.25, 0.3) is 0 Å². The van der Waals surface area contributed by atoms with Crippen LogP contribution in [0.3, 0.4) is 0 Å². The van der Waals surface area contributed by atoms with Crippen molar-refractivity contribution in [1.82, 2.24) is 5.32 Å². The Kier molecular flexibility index (Phi) is 4.95. The summed E-state index contributed by atoms with van der Waals surface area (Å²) in [7, 11) is 1.57. The van der Waals surface area contributed by atoms with Crippen molar-refractivity contribution in [2.75, 3.05) is 20.4 Å². The van der Waals surface area contributed by atoms with Gasteiger partial charge in [0, 0.05) is 7.11 Å². The van der Waals surface area contributed by atoms with E-state index in [0.717, 1.165) is 0 Å². The molecule has 0 aliphatic carbocycles. The molecule has 0 saturated heterocycles. The zero-order valence-electron chi connectivity index (χ0n) is 4.27. The van der Waals surface area contributed by atoms with Crippen molar-refractivity contribution in [1.29, 1.82) is 5.26 Å². The molecule has 3 heteroatoms. The van der Waals surface area contributed by atoms with Crippen molar-refractivity contribution in [2.24, 2.45) is 0 Å². The Morgan fingerprint density at radius 1 is 1.86 bits per heavy atom. The summed E-state index contributed by atoms with van der Waals surface area (Å²) in [5, 5.41) is 10.6. The minimum atomic E-state index is 0.355. The van der Waals surface area contributed by atoms with E-state index in [9.17, 15) is 0 Å². The van der Waals surface area contributed by atoms with Gasteiger partial charge in [-0.05, 0) is 0 Å². The van der Waals surface area contributed by atoms with Gasteiger partial charge in [-0.15, -0.1) is 0 Å². The molecular weight excluding hydrogens is 92.1 g/mol. The average Bonchev–Trinajstić information content (AvgIpc) is 1.69. The lowest BCUT2D eigenvalue weighted by Crippen LogP contribution is -2.16. The van der Waals surface area contributed by atoms with E-state index < -0.39 is 0 Å². The average molecular weight is 100 g/mol. The van der Waals surface area contributed by atoms with Gasteiger partial charge in [0.2, 0.25) is 0 Å². The largest absolute Gasteiger partial charge is 0.370 e. The first-order chi connectivity index (χ1) is 3.41. The highest BCUT2D eigenvalue weighted by atomic mass is 16.5. The quantitative estimate of drug-likeness (QED) is 0.301. The summed E-state index contributed by atoms with van der Waals surface area (Å²) >= 11 is 0. The maximum atomic E-state index is 7.92. The smallest absolute Gasteiger partial charge is 0.0969 e. The molecule has 0 unspecified atom stereocenters. The van der Waals surface area contributed by atoms with Crippen molar-refractivity contribution in [3.63, 3.8) is 0 Å². The minimum absolute atomic E-state index is 0.355. The van der Waals surface area contributed by atoms with E-state index in [1.165, 1.54) is 0 Å². The molecule has 0 rings (SSSR count). The van der Waals surface area contributed by atoms with Gasteiger partial charge in [-0.1, -0.05) is 0 Å². The van der Waals surface area contributed by atoms with Gasteiger partial charge in [0.15, 0.2) is 0 Å². The lowest BCUT2D eigenvalue weighted by molar-refractivity contribution is 0.179. The molecular formula is C4H8N2O. The highest BCUT2D eigenvalue weighted by Gasteiger charge is 1.75. The molecule has 0 saturated carbocycles. The van der Waals surface area contributed by atoms with Crippen LogP contribution in [0.2, 0.25) is 0 Å². The van der Waals surface area contributed by atoms with Gasteiger partial charge in [0.1, 0.15) is 0 Å². The zero-order chi connectivity index (χ0) is 5.54. The fraction of sp³-hybridized carbons (Fsp3) is 0.750. The van der Waals surface area contributed by atoms with E-state index in [1.807, 2.05) is 6.07 Å². The molecule has 0 radical (unpaired) electrons. The molecule has 0 aromatic heterocycles. The van der Waals surface area contributed by atoms with Crippen LogP contribution in [0.4, 0.5) is 0 Å². The molecule has 0 amide bonds. The fourth-order valence-electron chi connectivity index (χ4n) is 0.209. The third kappa shape index (κ3) is 5.41. The van der Waals surface area contributed by atoms with Crippen molar-refractivity contribution in [3.05, 3.63) is 0 Å². The SMILES string of the molecule is COCNCC#N. The van der Waals surface area contributed by atoms with Crippen LogP contribution in [-0.4, -0.2) is 20.4 Å². The van der Waals surface area contributed by atoms with Gasteiger partial charge in [-0.2, -0.15) is 5.26 Å². The summed E-state index contributed by atoms with van der Waals surface area (Å²) in [6.45, 7) is 0.807. The third-order valence-corrected chi connectivity index (χ3v) is 0.450. The summed E-state index contributed by atoms with van der Waals surface area (Å²) in [6, 6.07) is 1.91. The summed E-state index contributed by atoms with van der Waals surface area (Å²) in [5.74, 6) is 0. The number of hydrogen-bond acceptors (Lipinski definition) is 3. The first-order valence-corrected chi connectivity index (χ1v) is 1.98. The molecule has 0 aliphatic heterocycles. The Morgan fingerprint density at radius 2 is 2.57 bits per heavy atom. The van der Waals surface area contributed by atoms with E-state index in [-0.39, 0.29) is 0 Å². The molecule has 7 heavy (non-hydrogen) atoms. The van der Waals surface area contributed by atoms with Gasteiger partial charge < -0.3 is 4.74 Å². The van der Waals surface area contributed by atoms with Crippen LogP contribution < -0.4 is 5.32 Å². The maximum Gasteiger partial charge on any atom is 0.0969 e. The molecule has 1 N–H and O–H groups in total. The number of ether oxygens (including phenoxy) is 1. The summed E-state index contributed by atoms with van der Waals surface area (Å²) in [4.78, 5) is 0. The third-order valence-electron chi connectivity index (χ3n) is 0.450. The Morgan fingerprint density at radius 3 is 3.00 bits per heavy atom. The molecule has 0 aromatic carbocycles. The van der Waals surface area contributed by atoms with E-state index in [1.54, 1.807) is 7.11 Å². The highest BCUT2D eigenvalue weighted by Crippen LogP contribution is 1.55. The van der Waals surface area contributed by atoms with Crippen LogP contribution in [0, 0.1) is 11.3 Å². The van der Waals surface area contributed by atoms with Crippen LogP contribution in [0.5, 0.6) is 0 Å². The second-order valence-electron chi connectivity index (χ2n) is 1.02. The second kappa shape index (κ2) is 5.41. The first-order valence-electron chi connectivity index (χ1n) is 1.98. The van der Waals surface area contributed by atoms with Gasteiger partial charge in [-0.25, -0.2) is 0 Å². The molecule has 0 fully saturated rings. The molecule has 0 atom stereocenters. The Balaban J connectivity index is 2.60. The van der Waals surface area contributed by atoms with Crippen molar-refractivity contribution in [3.8, 4) is 6.07 Å². The standard InChI is InChI=1S/C4H8N2O/c1-7-4-6-3-2-5/h6H,3-4H2,1H3. The molecule has 0 heterocycles. The van der Waals surface area contributed by atoms with Gasteiger partial charge >= 0.3 is 0 Å². The molecule has 0 aliphatic rings. The number of rotatable bonds is 3. The van der Waals surface area contributed by atoms with Gasteiger partial charge in [0.05, 0.1) is 19.3 Å². The number of nitrogens with zero attached hydrogens (tertiary/aromatic N) is 1. The highest BCUT2D eigenvalue weighted by molar-refractivity contribution is 4.70. The van der Waals surface area contributed by atoms with Crippen molar-refractivity contribution < 1.29 is 4.74 Å². The summed E-state index contributed by atoms with van der Waals surface area (Å²) in [5.41, 5.74) is 0. The minimum Gasteiger partial charge on any atom is -0.370 e. The Hall–Kier alpha value is -0.590. The fourth-order valence-corrected chi connectivity index (χ4v) is 0.209. The molecule has 3 nitrogen and oxygen atoms in total. The molecule has 0 aromatic rings. The van der Waals surface area contributed by atoms with Crippen LogP contribution >= 0.6 is 0 Å². The predicted molar refractivity (Wildman–Crippen MR) is 25.5 cm³/mol. The Bertz CT molecular complexity index is 66.6. The second-order valence-corrected chi connectivity index (χ2v) is 1.02. The van der Waals surface area contributed by atoms with Crippen LogP contribution in [0.25, 0.3) is 0 Å². The van der Waals surface area contributed by atoms with Crippen LogP contribution in [0.1, 0.15) is 0 Å². The monoisotopic (exact) mass is 100 g/mol. The zero-order valence-corrected chi connectivity index (χ0v) is 4.27. The topological polar surface area (TPSA) is 45.0 Å². The molecule has 0 bridgehead atoms. The lowest BCUT2D eigenvalue weighted by atomic mass is 10.7. The first kappa shape index (κ1) is 6.41. The summed E-state index contributed by atoms with van der Waals surface area (Å²) in [6.07, 6.45) is 0.